The molecule has 0 amide bonds. The van der Waals surface area contributed by atoms with Gasteiger partial charge in [0.05, 0.1) is 23.7 Å². The van der Waals surface area contributed by atoms with Gasteiger partial charge in [-0.2, -0.15) is 0 Å². The van der Waals surface area contributed by atoms with E-state index in [1.165, 1.54) is 25.3 Å². The van der Waals surface area contributed by atoms with Crippen molar-refractivity contribution in [3.05, 3.63) is 69.8 Å². The third-order valence-corrected chi connectivity index (χ3v) is 3.28. The Morgan fingerprint density at radius 2 is 1.86 bits per heavy atom. The molecular weight excluding hydrogens is 286 g/mol. The van der Waals surface area contributed by atoms with Gasteiger partial charge in [-0.05, 0) is 30.3 Å². The number of nitrogens with zero attached hydrogens (tertiary/aromatic N) is 1. The number of benzene rings is 2. The van der Waals surface area contributed by atoms with Crippen molar-refractivity contribution in [2.24, 2.45) is 0 Å². The Balaban J connectivity index is 2.15. The summed E-state index contributed by atoms with van der Waals surface area (Å²) in [7, 11) is 1.52. The molecule has 114 valence electrons. The maximum Gasteiger partial charge on any atom is 0.275 e. The first-order chi connectivity index (χ1) is 10.5. The molecular formula is C16H15NO5. The third-order valence-electron chi connectivity index (χ3n) is 3.28. The zero-order chi connectivity index (χ0) is 16.1. The van der Waals surface area contributed by atoms with E-state index in [4.69, 9.17) is 4.74 Å². The van der Waals surface area contributed by atoms with Crippen LogP contribution in [0, 0.1) is 10.1 Å². The molecule has 22 heavy (non-hydrogen) atoms. The highest BCUT2D eigenvalue weighted by Crippen LogP contribution is 2.28. The van der Waals surface area contributed by atoms with E-state index in [1.807, 2.05) is 0 Å². The predicted molar refractivity (Wildman–Crippen MR) is 80.0 cm³/mol. The summed E-state index contributed by atoms with van der Waals surface area (Å²) in [5, 5.41) is 21.1. The molecule has 0 saturated carbocycles. The van der Waals surface area contributed by atoms with Crippen LogP contribution in [-0.4, -0.2) is 22.9 Å². The van der Waals surface area contributed by atoms with Gasteiger partial charge in [0.25, 0.3) is 5.69 Å². The standard InChI is InChI=1S/C16H15NO5/c1-22-12-8-6-11(7-9-12)15(18)10-16(19)13-4-2-3-5-14(13)17(20)21/h2-9,16,19H,10H2,1H3. The smallest absolute Gasteiger partial charge is 0.275 e. The number of aliphatic hydroxyl groups excluding tert-OH is 1. The van der Waals surface area contributed by atoms with Crippen molar-refractivity contribution in [2.75, 3.05) is 7.11 Å². The van der Waals surface area contributed by atoms with Gasteiger partial charge in [0, 0.05) is 18.1 Å². The molecule has 0 spiro atoms. The molecule has 2 aromatic carbocycles. The van der Waals surface area contributed by atoms with Gasteiger partial charge in [0.15, 0.2) is 5.78 Å². The molecule has 0 aromatic heterocycles. The van der Waals surface area contributed by atoms with Crippen LogP contribution in [0.25, 0.3) is 0 Å². The fraction of sp³-hybridized carbons (Fsp3) is 0.188. The monoisotopic (exact) mass is 301 g/mol. The second kappa shape index (κ2) is 6.82. The van der Waals surface area contributed by atoms with Crippen LogP contribution in [0.15, 0.2) is 48.5 Å². The van der Waals surface area contributed by atoms with E-state index < -0.39 is 11.0 Å². The number of ketones is 1. The molecule has 2 aromatic rings. The average Bonchev–Trinajstić information content (AvgIpc) is 2.54. The van der Waals surface area contributed by atoms with E-state index in [-0.39, 0.29) is 23.5 Å². The first-order valence-corrected chi connectivity index (χ1v) is 6.61. The van der Waals surface area contributed by atoms with Crippen LogP contribution in [0.2, 0.25) is 0 Å². The molecule has 0 bridgehead atoms. The molecule has 0 saturated heterocycles. The van der Waals surface area contributed by atoms with Crippen molar-refractivity contribution < 1.29 is 19.6 Å². The first kappa shape index (κ1) is 15.7. The minimum absolute atomic E-state index is 0.134. The summed E-state index contributed by atoms with van der Waals surface area (Å²) in [6.45, 7) is 0. The van der Waals surface area contributed by atoms with E-state index in [9.17, 15) is 20.0 Å². The summed E-state index contributed by atoms with van der Waals surface area (Å²) in [5.41, 5.74) is 0.352. The van der Waals surface area contributed by atoms with Crippen LogP contribution in [0.1, 0.15) is 28.4 Å². The molecule has 1 atom stereocenters. The molecule has 0 fully saturated rings. The van der Waals surface area contributed by atoms with E-state index in [0.717, 1.165) is 0 Å². The number of rotatable bonds is 6. The maximum absolute atomic E-state index is 12.1. The van der Waals surface area contributed by atoms with Crippen molar-refractivity contribution in [1.82, 2.24) is 0 Å². The van der Waals surface area contributed by atoms with Crippen molar-refractivity contribution in [2.45, 2.75) is 12.5 Å². The lowest BCUT2D eigenvalue weighted by atomic mass is 9.99. The van der Waals surface area contributed by atoms with Crippen LogP contribution in [0.4, 0.5) is 5.69 Å². The van der Waals surface area contributed by atoms with Crippen LogP contribution < -0.4 is 4.74 Å². The van der Waals surface area contributed by atoms with Crippen molar-refractivity contribution in [1.29, 1.82) is 0 Å². The first-order valence-electron chi connectivity index (χ1n) is 6.61. The number of carbonyl (C=O) groups excluding carboxylic acids is 1. The lowest BCUT2D eigenvalue weighted by molar-refractivity contribution is -0.386. The summed E-state index contributed by atoms with van der Waals surface area (Å²) in [6.07, 6.45) is -1.45. The Morgan fingerprint density at radius 1 is 1.23 bits per heavy atom. The van der Waals surface area contributed by atoms with Gasteiger partial charge in [0.1, 0.15) is 5.75 Å². The zero-order valence-electron chi connectivity index (χ0n) is 11.9. The molecule has 0 aliphatic heterocycles. The highest BCUT2D eigenvalue weighted by Gasteiger charge is 2.22. The van der Waals surface area contributed by atoms with Gasteiger partial charge in [-0.15, -0.1) is 0 Å². The highest BCUT2D eigenvalue weighted by molar-refractivity contribution is 5.96. The summed E-state index contributed by atoms with van der Waals surface area (Å²) >= 11 is 0. The number of para-hydroxylation sites is 1. The minimum atomic E-state index is -1.23. The molecule has 0 aliphatic carbocycles. The second-order valence-electron chi connectivity index (χ2n) is 4.69. The largest absolute Gasteiger partial charge is 0.497 e. The van der Waals surface area contributed by atoms with Crippen LogP contribution >= 0.6 is 0 Å². The summed E-state index contributed by atoms with van der Waals surface area (Å²) in [6, 6.07) is 12.3. The molecule has 0 radical (unpaired) electrons. The van der Waals surface area contributed by atoms with Crippen LogP contribution in [0.3, 0.4) is 0 Å². The topological polar surface area (TPSA) is 89.7 Å². The number of carbonyl (C=O) groups is 1. The molecule has 0 aliphatic rings. The average molecular weight is 301 g/mol. The second-order valence-corrected chi connectivity index (χ2v) is 4.69. The Bertz CT molecular complexity index is 681. The lowest BCUT2D eigenvalue weighted by Crippen LogP contribution is -2.09. The maximum atomic E-state index is 12.1. The van der Waals surface area contributed by atoms with E-state index in [0.29, 0.717) is 11.3 Å². The number of methoxy groups -OCH3 is 1. The summed E-state index contributed by atoms with van der Waals surface area (Å²) in [4.78, 5) is 22.5. The van der Waals surface area contributed by atoms with Gasteiger partial charge in [-0.25, -0.2) is 0 Å². The van der Waals surface area contributed by atoms with Gasteiger partial charge in [-0.3, -0.25) is 14.9 Å². The van der Waals surface area contributed by atoms with E-state index in [2.05, 4.69) is 0 Å². The molecule has 1 N–H and O–H groups in total. The van der Waals surface area contributed by atoms with Crippen LogP contribution in [-0.2, 0) is 0 Å². The molecule has 2 rings (SSSR count). The van der Waals surface area contributed by atoms with Gasteiger partial charge >= 0.3 is 0 Å². The fourth-order valence-corrected chi connectivity index (χ4v) is 2.12. The number of hydrogen-bond acceptors (Lipinski definition) is 5. The zero-order valence-corrected chi connectivity index (χ0v) is 11.9. The number of nitro benzene ring substituents is 1. The van der Waals surface area contributed by atoms with Crippen molar-refractivity contribution in [3.63, 3.8) is 0 Å². The number of hydrogen-bond donors (Lipinski definition) is 1. The Labute approximate surface area is 127 Å². The van der Waals surface area contributed by atoms with E-state index >= 15 is 0 Å². The number of ether oxygens (including phenoxy) is 1. The number of nitro groups is 1. The third kappa shape index (κ3) is 3.48. The minimum Gasteiger partial charge on any atom is -0.497 e. The van der Waals surface area contributed by atoms with Crippen molar-refractivity contribution >= 4 is 11.5 Å². The van der Waals surface area contributed by atoms with Gasteiger partial charge < -0.3 is 9.84 Å². The van der Waals surface area contributed by atoms with E-state index in [1.54, 1.807) is 30.3 Å². The molecule has 1 unspecified atom stereocenters. The normalized spacial score (nSPS) is 11.7. The lowest BCUT2D eigenvalue weighted by Gasteiger charge is -2.11. The highest BCUT2D eigenvalue weighted by atomic mass is 16.6. The SMILES string of the molecule is COc1ccc(C(=O)CC(O)c2ccccc2[N+](=O)[O-])cc1. The quantitative estimate of drug-likeness (QED) is 0.503. The predicted octanol–water partition coefficient (Wildman–Crippen LogP) is 2.91. The number of aliphatic hydroxyl groups is 1. The Morgan fingerprint density at radius 3 is 2.45 bits per heavy atom. The molecule has 0 heterocycles. The number of Topliss-reactive ketones (excluding diaryl/α,β-unsaturated/α-hetero) is 1. The van der Waals surface area contributed by atoms with Crippen LogP contribution in [0.5, 0.6) is 5.75 Å². The Kier molecular flexibility index (Phi) is 4.85. The van der Waals surface area contributed by atoms with Gasteiger partial charge in [-0.1, -0.05) is 12.1 Å². The van der Waals surface area contributed by atoms with Crippen molar-refractivity contribution in [3.8, 4) is 5.75 Å². The van der Waals surface area contributed by atoms with Gasteiger partial charge in [0.2, 0.25) is 0 Å². The summed E-state index contributed by atoms with van der Waals surface area (Å²) < 4.78 is 5.01. The molecule has 6 nitrogen and oxygen atoms in total. The fourth-order valence-electron chi connectivity index (χ4n) is 2.12. The molecule has 6 heteroatoms. The Hall–Kier alpha value is -2.73. The summed E-state index contributed by atoms with van der Waals surface area (Å²) in [5.74, 6) is 0.323.